The first-order valence-corrected chi connectivity index (χ1v) is 9.40. The summed E-state index contributed by atoms with van der Waals surface area (Å²) in [6.07, 6.45) is 15.8. The SMILES string of the molecule is CCCCCCCCCCCCNC1CCSC1. The van der Waals surface area contributed by atoms with Crippen molar-refractivity contribution < 1.29 is 0 Å². The van der Waals surface area contributed by atoms with Gasteiger partial charge in [-0.3, -0.25) is 0 Å². The van der Waals surface area contributed by atoms with Crippen LogP contribution in [0.1, 0.15) is 77.6 Å². The molecule has 0 bridgehead atoms. The number of nitrogens with one attached hydrogen (secondary N) is 1. The van der Waals surface area contributed by atoms with Crippen LogP contribution in [0.15, 0.2) is 0 Å². The molecule has 1 atom stereocenters. The maximum absolute atomic E-state index is 3.69. The van der Waals surface area contributed by atoms with E-state index in [0.717, 1.165) is 6.04 Å². The van der Waals surface area contributed by atoms with Crippen LogP contribution in [0.2, 0.25) is 0 Å². The van der Waals surface area contributed by atoms with Crippen molar-refractivity contribution in [3.8, 4) is 0 Å². The molecule has 0 saturated carbocycles. The maximum atomic E-state index is 3.69. The van der Waals surface area contributed by atoms with Crippen LogP contribution in [0.4, 0.5) is 0 Å². The van der Waals surface area contributed by atoms with Gasteiger partial charge in [0.05, 0.1) is 0 Å². The van der Waals surface area contributed by atoms with E-state index in [1.807, 2.05) is 0 Å². The van der Waals surface area contributed by atoms with Gasteiger partial charge in [-0.1, -0.05) is 64.7 Å². The van der Waals surface area contributed by atoms with Crippen LogP contribution in [0.3, 0.4) is 0 Å². The Morgan fingerprint density at radius 1 is 0.889 bits per heavy atom. The van der Waals surface area contributed by atoms with Gasteiger partial charge >= 0.3 is 0 Å². The third-order valence-corrected chi connectivity index (χ3v) is 5.06. The zero-order valence-electron chi connectivity index (χ0n) is 12.4. The van der Waals surface area contributed by atoms with Crippen LogP contribution in [0.25, 0.3) is 0 Å². The van der Waals surface area contributed by atoms with E-state index in [1.165, 1.54) is 88.7 Å². The molecule has 1 rings (SSSR count). The van der Waals surface area contributed by atoms with Crippen LogP contribution >= 0.6 is 11.8 Å². The second-order valence-electron chi connectivity index (χ2n) is 5.70. The zero-order chi connectivity index (χ0) is 12.9. The maximum Gasteiger partial charge on any atom is 0.0166 e. The van der Waals surface area contributed by atoms with Gasteiger partial charge in [0, 0.05) is 11.8 Å². The van der Waals surface area contributed by atoms with Crippen molar-refractivity contribution in [2.75, 3.05) is 18.1 Å². The Balaban J connectivity index is 1.68. The molecule has 0 aromatic carbocycles. The molecular weight excluding hydrogens is 238 g/mol. The van der Waals surface area contributed by atoms with E-state index in [4.69, 9.17) is 0 Å². The fraction of sp³-hybridized carbons (Fsp3) is 1.00. The molecule has 0 radical (unpaired) electrons. The average molecular weight is 272 g/mol. The quantitative estimate of drug-likeness (QED) is 0.501. The fourth-order valence-electron chi connectivity index (χ4n) is 2.61. The smallest absolute Gasteiger partial charge is 0.0166 e. The Bertz CT molecular complexity index is 166. The van der Waals surface area contributed by atoms with E-state index in [2.05, 4.69) is 24.0 Å². The summed E-state index contributed by atoms with van der Waals surface area (Å²) in [5, 5.41) is 3.69. The van der Waals surface area contributed by atoms with Crippen LogP contribution in [0, 0.1) is 0 Å². The molecule has 1 nitrogen and oxygen atoms in total. The molecular formula is C16H33NS. The first-order valence-electron chi connectivity index (χ1n) is 8.24. The lowest BCUT2D eigenvalue weighted by Crippen LogP contribution is -2.29. The molecule has 0 spiro atoms. The van der Waals surface area contributed by atoms with E-state index in [0.29, 0.717) is 0 Å². The summed E-state index contributed by atoms with van der Waals surface area (Å²) in [7, 11) is 0. The van der Waals surface area contributed by atoms with Gasteiger partial charge in [-0.25, -0.2) is 0 Å². The molecule has 0 aromatic heterocycles. The van der Waals surface area contributed by atoms with Gasteiger partial charge in [0.15, 0.2) is 0 Å². The minimum atomic E-state index is 0.827. The summed E-state index contributed by atoms with van der Waals surface area (Å²) in [6, 6.07) is 0.827. The Morgan fingerprint density at radius 3 is 2.06 bits per heavy atom. The molecule has 1 aliphatic rings. The Kier molecular flexibility index (Phi) is 11.2. The number of unbranched alkanes of at least 4 members (excludes halogenated alkanes) is 9. The summed E-state index contributed by atoms with van der Waals surface area (Å²) in [5.41, 5.74) is 0. The molecule has 1 fully saturated rings. The summed E-state index contributed by atoms with van der Waals surface area (Å²) < 4.78 is 0. The summed E-state index contributed by atoms with van der Waals surface area (Å²) in [4.78, 5) is 0. The van der Waals surface area contributed by atoms with Crippen molar-refractivity contribution in [1.82, 2.24) is 5.32 Å². The highest BCUT2D eigenvalue weighted by Gasteiger charge is 2.13. The Labute approximate surface area is 119 Å². The highest BCUT2D eigenvalue weighted by molar-refractivity contribution is 7.99. The molecule has 0 aliphatic carbocycles. The number of rotatable bonds is 12. The Hall–Kier alpha value is 0.310. The van der Waals surface area contributed by atoms with Crippen LogP contribution in [0.5, 0.6) is 0 Å². The third-order valence-electron chi connectivity index (χ3n) is 3.89. The molecule has 108 valence electrons. The molecule has 1 N–H and O–H groups in total. The van der Waals surface area contributed by atoms with Gasteiger partial charge < -0.3 is 5.32 Å². The minimum Gasteiger partial charge on any atom is -0.313 e. The predicted octanol–water partition coefficient (Wildman–Crippen LogP) is 5.00. The Morgan fingerprint density at radius 2 is 1.50 bits per heavy atom. The molecule has 1 aliphatic heterocycles. The first kappa shape index (κ1) is 16.4. The van der Waals surface area contributed by atoms with E-state index >= 15 is 0 Å². The summed E-state index contributed by atoms with van der Waals surface area (Å²) in [6.45, 7) is 3.54. The topological polar surface area (TPSA) is 12.0 Å². The van der Waals surface area contributed by atoms with Gasteiger partial charge in [-0.2, -0.15) is 11.8 Å². The van der Waals surface area contributed by atoms with E-state index in [1.54, 1.807) is 0 Å². The van der Waals surface area contributed by atoms with Gasteiger partial charge in [0.25, 0.3) is 0 Å². The molecule has 1 heterocycles. The van der Waals surface area contributed by atoms with Crippen LogP contribution in [-0.4, -0.2) is 24.1 Å². The second-order valence-corrected chi connectivity index (χ2v) is 6.85. The van der Waals surface area contributed by atoms with Crippen molar-refractivity contribution in [2.45, 2.75) is 83.6 Å². The molecule has 1 saturated heterocycles. The van der Waals surface area contributed by atoms with Gasteiger partial charge in [0.2, 0.25) is 0 Å². The third kappa shape index (κ3) is 9.27. The van der Waals surface area contributed by atoms with Crippen molar-refractivity contribution >= 4 is 11.8 Å². The molecule has 2 heteroatoms. The van der Waals surface area contributed by atoms with Gasteiger partial charge in [-0.05, 0) is 25.1 Å². The predicted molar refractivity (Wildman–Crippen MR) is 85.6 cm³/mol. The summed E-state index contributed by atoms with van der Waals surface area (Å²) >= 11 is 2.10. The number of thioether (sulfide) groups is 1. The van der Waals surface area contributed by atoms with E-state index in [9.17, 15) is 0 Å². The van der Waals surface area contributed by atoms with Gasteiger partial charge in [-0.15, -0.1) is 0 Å². The standard InChI is InChI=1S/C16H33NS/c1-2-3-4-5-6-7-8-9-10-11-13-17-16-12-14-18-15-16/h16-17H,2-15H2,1H3. The normalized spacial score (nSPS) is 19.5. The molecule has 1 unspecified atom stereocenters. The van der Waals surface area contributed by atoms with Gasteiger partial charge in [0.1, 0.15) is 0 Å². The van der Waals surface area contributed by atoms with E-state index < -0.39 is 0 Å². The number of hydrogen-bond acceptors (Lipinski definition) is 2. The van der Waals surface area contributed by atoms with Crippen LogP contribution < -0.4 is 5.32 Å². The molecule has 0 aromatic rings. The molecule has 18 heavy (non-hydrogen) atoms. The largest absolute Gasteiger partial charge is 0.313 e. The van der Waals surface area contributed by atoms with Crippen molar-refractivity contribution in [3.63, 3.8) is 0 Å². The monoisotopic (exact) mass is 271 g/mol. The molecule has 0 amide bonds. The van der Waals surface area contributed by atoms with Crippen molar-refractivity contribution in [3.05, 3.63) is 0 Å². The highest BCUT2D eigenvalue weighted by atomic mass is 32.2. The lowest BCUT2D eigenvalue weighted by molar-refractivity contribution is 0.512. The summed E-state index contributed by atoms with van der Waals surface area (Å²) in [5.74, 6) is 2.72. The highest BCUT2D eigenvalue weighted by Crippen LogP contribution is 2.17. The second kappa shape index (κ2) is 12.3. The minimum absolute atomic E-state index is 0.827. The number of hydrogen-bond donors (Lipinski definition) is 1. The van der Waals surface area contributed by atoms with Crippen molar-refractivity contribution in [2.24, 2.45) is 0 Å². The average Bonchev–Trinajstić information content (AvgIpc) is 2.89. The lowest BCUT2D eigenvalue weighted by atomic mass is 10.1. The van der Waals surface area contributed by atoms with Crippen molar-refractivity contribution in [1.29, 1.82) is 0 Å². The lowest BCUT2D eigenvalue weighted by Gasteiger charge is -2.10. The fourth-order valence-corrected chi connectivity index (χ4v) is 3.80. The zero-order valence-corrected chi connectivity index (χ0v) is 13.2. The van der Waals surface area contributed by atoms with Crippen LogP contribution in [-0.2, 0) is 0 Å². The first-order chi connectivity index (χ1) is 8.93. The van der Waals surface area contributed by atoms with E-state index in [-0.39, 0.29) is 0 Å².